The number of piperazine rings is 1. The first kappa shape index (κ1) is 13.2. The van der Waals surface area contributed by atoms with Gasteiger partial charge in [0.1, 0.15) is 5.75 Å². The van der Waals surface area contributed by atoms with Crippen LogP contribution in [0.1, 0.15) is 24.4 Å². The number of benzene rings is 1. The van der Waals surface area contributed by atoms with Crippen LogP contribution in [0.3, 0.4) is 0 Å². The number of methoxy groups -OCH3 is 1. The highest BCUT2D eigenvalue weighted by Crippen LogP contribution is 2.45. The van der Waals surface area contributed by atoms with E-state index in [0.717, 1.165) is 37.8 Å². The molecule has 19 heavy (non-hydrogen) atoms. The Bertz CT molecular complexity index is 442. The van der Waals surface area contributed by atoms with Crippen molar-refractivity contribution in [2.75, 3.05) is 33.3 Å². The van der Waals surface area contributed by atoms with Crippen LogP contribution in [0.2, 0.25) is 5.02 Å². The maximum Gasteiger partial charge on any atom is 0.137 e. The molecule has 1 atom stereocenters. The van der Waals surface area contributed by atoms with Crippen molar-refractivity contribution < 1.29 is 4.74 Å². The van der Waals surface area contributed by atoms with Crippen LogP contribution >= 0.6 is 11.6 Å². The van der Waals surface area contributed by atoms with Crippen molar-refractivity contribution in [2.24, 2.45) is 5.92 Å². The second-order valence-corrected chi connectivity index (χ2v) is 5.87. The summed E-state index contributed by atoms with van der Waals surface area (Å²) in [6.07, 6.45) is 2.69. The minimum Gasteiger partial charge on any atom is -0.495 e. The first-order chi connectivity index (χ1) is 9.29. The summed E-state index contributed by atoms with van der Waals surface area (Å²) >= 11 is 6.13. The van der Waals surface area contributed by atoms with E-state index in [0.29, 0.717) is 11.1 Å². The first-order valence-electron chi connectivity index (χ1n) is 7.08. The van der Waals surface area contributed by atoms with Gasteiger partial charge < -0.3 is 10.1 Å². The van der Waals surface area contributed by atoms with E-state index in [-0.39, 0.29) is 0 Å². The van der Waals surface area contributed by atoms with Crippen molar-refractivity contribution in [1.29, 1.82) is 0 Å². The fourth-order valence-electron chi connectivity index (χ4n) is 3.01. The van der Waals surface area contributed by atoms with E-state index in [2.05, 4.69) is 22.3 Å². The molecular weight excluding hydrogens is 260 g/mol. The van der Waals surface area contributed by atoms with Crippen molar-refractivity contribution in [2.45, 2.75) is 18.9 Å². The maximum absolute atomic E-state index is 6.13. The third-order valence-corrected chi connectivity index (χ3v) is 4.44. The lowest BCUT2D eigenvalue weighted by Gasteiger charge is -2.35. The maximum atomic E-state index is 6.13. The molecule has 0 spiro atoms. The standard InChI is InChI=1S/C15H21ClN2O/c1-19-14-10-12(4-5-13(14)16)15(11-2-3-11)18-8-6-17-7-9-18/h4-5,10-11,15,17H,2-3,6-9H2,1H3/t15-/m1/s1. The van der Waals surface area contributed by atoms with E-state index >= 15 is 0 Å². The van der Waals surface area contributed by atoms with Gasteiger partial charge in [-0.2, -0.15) is 0 Å². The molecule has 1 N–H and O–H groups in total. The lowest BCUT2D eigenvalue weighted by atomic mass is 9.99. The quantitative estimate of drug-likeness (QED) is 0.918. The zero-order chi connectivity index (χ0) is 13.2. The average Bonchev–Trinajstić information content (AvgIpc) is 3.27. The second-order valence-electron chi connectivity index (χ2n) is 5.46. The van der Waals surface area contributed by atoms with Gasteiger partial charge in [-0.25, -0.2) is 0 Å². The Morgan fingerprint density at radius 3 is 2.68 bits per heavy atom. The molecule has 4 heteroatoms. The normalized spacial score (nSPS) is 22.2. The zero-order valence-corrected chi connectivity index (χ0v) is 12.1. The fraction of sp³-hybridized carbons (Fsp3) is 0.600. The SMILES string of the molecule is COc1cc([C@@H](C2CC2)N2CCNCC2)ccc1Cl. The molecule has 1 saturated carbocycles. The van der Waals surface area contributed by atoms with Crippen LogP contribution < -0.4 is 10.1 Å². The molecule has 2 aliphatic rings. The van der Waals surface area contributed by atoms with Crippen molar-refractivity contribution in [1.82, 2.24) is 10.2 Å². The number of nitrogens with one attached hydrogen (secondary N) is 1. The van der Waals surface area contributed by atoms with Gasteiger partial charge in [-0.15, -0.1) is 0 Å². The number of halogens is 1. The predicted octanol–water partition coefficient (Wildman–Crippen LogP) is 2.70. The Hall–Kier alpha value is -0.770. The molecule has 1 aliphatic carbocycles. The summed E-state index contributed by atoms with van der Waals surface area (Å²) in [6.45, 7) is 4.44. The van der Waals surface area contributed by atoms with Gasteiger partial charge in [-0.3, -0.25) is 4.90 Å². The highest BCUT2D eigenvalue weighted by Gasteiger charge is 2.36. The summed E-state index contributed by atoms with van der Waals surface area (Å²) < 4.78 is 5.36. The van der Waals surface area contributed by atoms with Crippen LogP contribution in [0.25, 0.3) is 0 Å². The molecule has 0 radical (unpaired) electrons. The Labute approximate surface area is 119 Å². The van der Waals surface area contributed by atoms with Crippen LogP contribution in [-0.2, 0) is 0 Å². The van der Waals surface area contributed by atoms with Crippen molar-refractivity contribution >= 4 is 11.6 Å². The molecule has 0 bridgehead atoms. The van der Waals surface area contributed by atoms with Crippen LogP contribution in [0.15, 0.2) is 18.2 Å². The molecule has 1 aliphatic heterocycles. The molecule has 1 saturated heterocycles. The van der Waals surface area contributed by atoms with E-state index in [4.69, 9.17) is 16.3 Å². The van der Waals surface area contributed by atoms with Gasteiger partial charge in [0.25, 0.3) is 0 Å². The van der Waals surface area contributed by atoms with E-state index in [1.54, 1.807) is 7.11 Å². The summed E-state index contributed by atoms with van der Waals surface area (Å²) in [4.78, 5) is 2.61. The second kappa shape index (κ2) is 5.70. The first-order valence-corrected chi connectivity index (χ1v) is 7.45. The molecule has 2 fully saturated rings. The third-order valence-electron chi connectivity index (χ3n) is 4.13. The lowest BCUT2D eigenvalue weighted by Crippen LogP contribution is -2.45. The fourth-order valence-corrected chi connectivity index (χ4v) is 3.21. The van der Waals surface area contributed by atoms with E-state index in [1.165, 1.54) is 18.4 Å². The topological polar surface area (TPSA) is 24.5 Å². The molecule has 0 aromatic heterocycles. The summed E-state index contributed by atoms with van der Waals surface area (Å²) in [6, 6.07) is 6.78. The van der Waals surface area contributed by atoms with Gasteiger partial charge in [0, 0.05) is 32.2 Å². The molecule has 104 valence electrons. The van der Waals surface area contributed by atoms with E-state index < -0.39 is 0 Å². The number of hydrogen-bond donors (Lipinski definition) is 1. The van der Waals surface area contributed by atoms with Crippen molar-refractivity contribution in [3.8, 4) is 5.75 Å². The van der Waals surface area contributed by atoms with Gasteiger partial charge in [0.15, 0.2) is 0 Å². The highest BCUT2D eigenvalue weighted by molar-refractivity contribution is 6.32. The van der Waals surface area contributed by atoms with Gasteiger partial charge in [-0.1, -0.05) is 17.7 Å². The number of nitrogens with zero attached hydrogens (tertiary/aromatic N) is 1. The highest BCUT2D eigenvalue weighted by atomic mass is 35.5. The minimum absolute atomic E-state index is 0.535. The smallest absolute Gasteiger partial charge is 0.137 e. The Kier molecular flexibility index (Phi) is 3.96. The molecule has 1 aromatic carbocycles. The molecular formula is C15H21ClN2O. The molecule has 1 heterocycles. The van der Waals surface area contributed by atoms with Gasteiger partial charge in [-0.05, 0) is 36.5 Å². The van der Waals surface area contributed by atoms with E-state index in [1.807, 2.05) is 6.07 Å². The van der Waals surface area contributed by atoms with Crippen LogP contribution in [0, 0.1) is 5.92 Å². The molecule has 3 rings (SSSR count). The Morgan fingerprint density at radius 2 is 2.05 bits per heavy atom. The lowest BCUT2D eigenvalue weighted by molar-refractivity contribution is 0.156. The Morgan fingerprint density at radius 1 is 1.32 bits per heavy atom. The van der Waals surface area contributed by atoms with Gasteiger partial charge in [0.05, 0.1) is 12.1 Å². The zero-order valence-electron chi connectivity index (χ0n) is 11.4. The van der Waals surface area contributed by atoms with Crippen LogP contribution in [0.4, 0.5) is 0 Å². The number of hydrogen-bond acceptors (Lipinski definition) is 3. The van der Waals surface area contributed by atoms with Gasteiger partial charge in [0.2, 0.25) is 0 Å². The van der Waals surface area contributed by atoms with Crippen molar-refractivity contribution in [3.63, 3.8) is 0 Å². The van der Waals surface area contributed by atoms with Crippen LogP contribution in [-0.4, -0.2) is 38.2 Å². The minimum atomic E-state index is 0.535. The monoisotopic (exact) mass is 280 g/mol. The molecule has 0 unspecified atom stereocenters. The third kappa shape index (κ3) is 2.88. The number of rotatable bonds is 4. The Balaban J connectivity index is 1.86. The summed E-state index contributed by atoms with van der Waals surface area (Å²) in [5.74, 6) is 1.60. The largest absolute Gasteiger partial charge is 0.495 e. The average molecular weight is 281 g/mol. The summed E-state index contributed by atoms with van der Waals surface area (Å²) in [7, 11) is 1.68. The van der Waals surface area contributed by atoms with Crippen LogP contribution in [0.5, 0.6) is 5.75 Å². The van der Waals surface area contributed by atoms with Crippen molar-refractivity contribution in [3.05, 3.63) is 28.8 Å². The molecule has 3 nitrogen and oxygen atoms in total. The van der Waals surface area contributed by atoms with E-state index in [9.17, 15) is 0 Å². The predicted molar refractivity (Wildman–Crippen MR) is 77.9 cm³/mol. The molecule has 1 aromatic rings. The summed E-state index contributed by atoms with van der Waals surface area (Å²) in [5.41, 5.74) is 1.35. The van der Waals surface area contributed by atoms with Gasteiger partial charge >= 0.3 is 0 Å². The number of ether oxygens (including phenoxy) is 1. The molecule has 0 amide bonds. The summed E-state index contributed by atoms with van der Waals surface area (Å²) in [5, 5.41) is 4.12.